The first-order valence-electron chi connectivity index (χ1n) is 11.8. The SMILES string of the molecule is CNC(=O)C(=O)C(CC1CCNC1=O)NC(=O)c1cc(Cl)ccc1NC(=O)C(C)c1ccnc(C(F)(F)F)c1. The van der Waals surface area contributed by atoms with Gasteiger partial charge >= 0.3 is 6.18 Å². The number of rotatable bonds is 9. The molecule has 1 aromatic heterocycles. The van der Waals surface area contributed by atoms with Crippen LogP contribution in [-0.2, 0) is 25.4 Å². The van der Waals surface area contributed by atoms with Gasteiger partial charge in [0, 0.05) is 30.7 Å². The maximum absolute atomic E-state index is 13.2. The van der Waals surface area contributed by atoms with E-state index in [2.05, 4.69) is 26.3 Å². The van der Waals surface area contributed by atoms with Crippen LogP contribution in [0, 0.1) is 5.92 Å². The number of pyridine rings is 1. The number of ketones is 1. The summed E-state index contributed by atoms with van der Waals surface area (Å²) >= 11 is 6.05. The quantitative estimate of drug-likeness (QED) is 0.342. The number of amides is 4. The average molecular weight is 568 g/mol. The van der Waals surface area contributed by atoms with Gasteiger partial charge in [0.2, 0.25) is 17.6 Å². The van der Waals surface area contributed by atoms with Crippen molar-refractivity contribution in [3.8, 4) is 0 Å². The first-order chi connectivity index (χ1) is 18.3. The molecule has 3 unspecified atom stereocenters. The third kappa shape index (κ3) is 7.31. The predicted molar refractivity (Wildman–Crippen MR) is 134 cm³/mol. The zero-order valence-electron chi connectivity index (χ0n) is 20.8. The Bertz CT molecular complexity index is 1300. The number of halogens is 4. The maximum atomic E-state index is 13.2. The van der Waals surface area contributed by atoms with Crippen LogP contribution in [0.4, 0.5) is 18.9 Å². The number of nitrogens with one attached hydrogen (secondary N) is 4. The molecule has 1 fully saturated rings. The van der Waals surface area contributed by atoms with E-state index in [-0.39, 0.29) is 34.2 Å². The van der Waals surface area contributed by atoms with E-state index in [0.29, 0.717) is 13.0 Å². The molecule has 3 atom stereocenters. The zero-order chi connectivity index (χ0) is 28.9. The van der Waals surface area contributed by atoms with Crippen LogP contribution in [0.2, 0.25) is 5.02 Å². The van der Waals surface area contributed by atoms with Crippen LogP contribution in [0.1, 0.15) is 47.3 Å². The minimum Gasteiger partial charge on any atom is -0.356 e. The summed E-state index contributed by atoms with van der Waals surface area (Å²) in [6.07, 6.45) is -3.48. The second kappa shape index (κ2) is 12.2. The summed E-state index contributed by atoms with van der Waals surface area (Å²) < 4.78 is 39.2. The number of hydrogen-bond donors (Lipinski definition) is 4. The van der Waals surface area contributed by atoms with Gasteiger partial charge in [0.15, 0.2) is 0 Å². The van der Waals surface area contributed by atoms with E-state index >= 15 is 0 Å². The molecule has 1 aliphatic rings. The Morgan fingerprint density at radius 2 is 1.90 bits per heavy atom. The van der Waals surface area contributed by atoms with Gasteiger partial charge in [0.25, 0.3) is 11.8 Å². The first-order valence-corrected chi connectivity index (χ1v) is 12.2. The molecule has 4 N–H and O–H groups in total. The molecular formula is C25H25ClF3N5O5. The molecule has 3 rings (SSSR count). The number of Topliss-reactive ketones (excluding diaryl/α,β-unsaturated/α-hetero) is 1. The van der Waals surface area contributed by atoms with E-state index < -0.39 is 53.3 Å². The van der Waals surface area contributed by atoms with Crippen LogP contribution in [0.25, 0.3) is 0 Å². The zero-order valence-corrected chi connectivity index (χ0v) is 21.6. The van der Waals surface area contributed by atoms with Gasteiger partial charge in [0.1, 0.15) is 5.69 Å². The number of carbonyl (C=O) groups is 5. The Labute approximate surface area is 226 Å². The number of benzene rings is 1. The number of anilines is 1. The third-order valence-electron chi connectivity index (χ3n) is 6.21. The summed E-state index contributed by atoms with van der Waals surface area (Å²) in [5, 5.41) is 9.87. The topological polar surface area (TPSA) is 146 Å². The fourth-order valence-corrected chi connectivity index (χ4v) is 4.15. The molecule has 10 nitrogen and oxygen atoms in total. The summed E-state index contributed by atoms with van der Waals surface area (Å²) in [6.45, 7) is 1.77. The molecule has 0 saturated carbocycles. The summed E-state index contributed by atoms with van der Waals surface area (Å²) in [7, 11) is 1.24. The van der Waals surface area contributed by atoms with Crippen molar-refractivity contribution >= 4 is 46.7 Å². The van der Waals surface area contributed by atoms with Crippen LogP contribution in [0.3, 0.4) is 0 Å². The highest BCUT2D eigenvalue weighted by molar-refractivity contribution is 6.38. The Morgan fingerprint density at radius 3 is 2.51 bits per heavy atom. The molecule has 1 saturated heterocycles. The lowest BCUT2D eigenvalue weighted by Crippen LogP contribution is -2.48. The molecule has 0 aliphatic carbocycles. The standard InChI is InChI=1S/C25H25ClF3N5O5/c1-12(13-5-7-31-19(10-13)25(27,28)29)21(36)33-17-4-3-15(26)11-16(17)23(38)34-18(20(35)24(39)30-2)9-14-6-8-32-22(14)37/h3-5,7,10-12,14,18H,6,8-9H2,1-2H3,(H,30,39)(H,32,37)(H,33,36)(H,34,38). The number of hydrogen-bond acceptors (Lipinski definition) is 6. The molecule has 2 aromatic rings. The Hall–Kier alpha value is -4.00. The summed E-state index contributed by atoms with van der Waals surface area (Å²) in [4.78, 5) is 66.2. The second-order valence-electron chi connectivity index (χ2n) is 8.85. The molecule has 0 bridgehead atoms. The van der Waals surface area contributed by atoms with E-state index in [1.54, 1.807) is 0 Å². The average Bonchev–Trinajstić information content (AvgIpc) is 3.31. The molecule has 0 spiro atoms. The lowest BCUT2D eigenvalue weighted by Gasteiger charge is -2.21. The number of alkyl halides is 3. The second-order valence-corrected chi connectivity index (χ2v) is 9.29. The highest BCUT2D eigenvalue weighted by Gasteiger charge is 2.35. The van der Waals surface area contributed by atoms with Gasteiger partial charge in [0.05, 0.1) is 23.2 Å². The Kier molecular flexibility index (Phi) is 9.28. The van der Waals surface area contributed by atoms with E-state index in [1.807, 2.05) is 0 Å². The van der Waals surface area contributed by atoms with Crippen molar-refractivity contribution in [2.45, 2.75) is 37.9 Å². The van der Waals surface area contributed by atoms with Crippen LogP contribution >= 0.6 is 11.6 Å². The van der Waals surface area contributed by atoms with Crippen molar-refractivity contribution in [2.75, 3.05) is 18.9 Å². The molecule has 2 heterocycles. The molecule has 14 heteroatoms. The number of likely N-dealkylation sites (N-methyl/N-ethyl adjacent to an activating group) is 1. The third-order valence-corrected chi connectivity index (χ3v) is 6.44. The van der Waals surface area contributed by atoms with E-state index in [9.17, 15) is 37.1 Å². The van der Waals surface area contributed by atoms with E-state index in [0.717, 1.165) is 12.3 Å². The monoisotopic (exact) mass is 567 g/mol. The van der Waals surface area contributed by atoms with Gasteiger partial charge in [-0.3, -0.25) is 29.0 Å². The number of carbonyl (C=O) groups excluding carboxylic acids is 5. The van der Waals surface area contributed by atoms with E-state index in [1.165, 1.54) is 38.2 Å². The summed E-state index contributed by atoms with van der Waals surface area (Å²) in [6, 6.07) is 4.58. The molecule has 39 heavy (non-hydrogen) atoms. The molecule has 1 aromatic carbocycles. The van der Waals surface area contributed by atoms with Gasteiger partial charge in [-0.1, -0.05) is 11.6 Å². The predicted octanol–water partition coefficient (Wildman–Crippen LogP) is 2.44. The highest BCUT2D eigenvalue weighted by Crippen LogP contribution is 2.30. The van der Waals surface area contributed by atoms with Gasteiger partial charge < -0.3 is 21.3 Å². The van der Waals surface area contributed by atoms with Gasteiger partial charge in [-0.05, 0) is 55.7 Å². The normalized spacial score (nSPS) is 16.6. The molecular weight excluding hydrogens is 543 g/mol. The lowest BCUT2D eigenvalue weighted by molar-refractivity contribution is -0.141. The number of nitrogens with zero attached hydrogens (tertiary/aromatic N) is 1. The van der Waals surface area contributed by atoms with Crippen LogP contribution in [0.15, 0.2) is 36.5 Å². The number of aromatic nitrogens is 1. The molecule has 208 valence electrons. The van der Waals surface area contributed by atoms with Gasteiger partial charge in [-0.15, -0.1) is 0 Å². The van der Waals surface area contributed by atoms with E-state index in [4.69, 9.17) is 11.6 Å². The summed E-state index contributed by atoms with van der Waals surface area (Å²) in [5.41, 5.74) is -1.32. The van der Waals surface area contributed by atoms with Crippen LogP contribution in [-0.4, -0.2) is 54.0 Å². The molecule has 0 radical (unpaired) electrons. The van der Waals surface area contributed by atoms with Crippen molar-refractivity contribution in [1.29, 1.82) is 0 Å². The fraction of sp³-hybridized carbons (Fsp3) is 0.360. The fourth-order valence-electron chi connectivity index (χ4n) is 3.98. The largest absolute Gasteiger partial charge is 0.433 e. The minimum absolute atomic E-state index is 0.0383. The van der Waals surface area contributed by atoms with Gasteiger partial charge in [-0.25, -0.2) is 0 Å². The smallest absolute Gasteiger partial charge is 0.356 e. The maximum Gasteiger partial charge on any atom is 0.433 e. The van der Waals surface area contributed by atoms with Crippen molar-refractivity contribution < 1.29 is 37.1 Å². The summed E-state index contributed by atoms with van der Waals surface area (Å²) in [5.74, 6) is -5.52. The lowest BCUT2D eigenvalue weighted by atomic mass is 9.95. The first kappa shape index (κ1) is 29.6. The Balaban J connectivity index is 1.84. The van der Waals surface area contributed by atoms with Crippen molar-refractivity contribution in [1.82, 2.24) is 20.9 Å². The molecule has 1 aliphatic heterocycles. The minimum atomic E-state index is -4.70. The highest BCUT2D eigenvalue weighted by atomic mass is 35.5. The van der Waals surface area contributed by atoms with Crippen LogP contribution < -0.4 is 21.3 Å². The Morgan fingerprint density at radius 1 is 1.18 bits per heavy atom. The van der Waals surface area contributed by atoms with Crippen LogP contribution in [0.5, 0.6) is 0 Å². The van der Waals surface area contributed by atoms with Crippen molar-refractivity contribution in [3.63, 3.8) is 0 Å². The van der Waals surface area contributed by atoms with Crippen molar-refractivity contribution in [2.24, 2.45) is 5.92 Å². The molecule has 4 amide bonds. The van der Waals surface area contributed by atoms with Gasteiger partial charge in [-0.2, -0.15) is 13.2 Å². The van der Waals surface area contributed by atoms with Crippen molar-refractivity contribution in [3.05, 3.63) is 58.4 Å².